The van der Waals surface area contributed by atoms with Gasteiger partial charge in [-0.05, 0) is 25.7 Å². The number of hydrogen-bond acceptors (Lipinski definition) is 5. The summed E-state index contributed by atoms with van der Waals surface area (Å²) in [5, 5.41) is 4.12. The lowest BCUT2D eigenvalue weighted by Gasteiger charge is -2.30. The number of piperidine rings is 1. The van der Waals surface area contributed by atoms with Gasteiger partial charge >= 0.3 is 0 Å². The van der Waals surface area contributed by atoms with Crippen LogP contribution in [0, 0.1) is 0 Å². The minimum atomic E-state index is -0.407. The van der Waals surface area contributed by atoms with Gasteiger partial charge in [-0.25, -0.2) is 0 Å². The maximum atomic E-state index is 11.8. The van der Waals surface area contributed by atoms with Crippen molar-refractivity contribution in [1.29, 1.82) is 0 Å². The molecule has 1 saturated carbocycles. The number of carbonyl (C=O) groups is 1. The van der Waals surface area contributed by atoms with Crippen molar-refractivity contribution in [2.24, 2.45) is 5.73 Å². The maximum Gasteiger partial charge on any atom is 0.231 e. The fourth-order valence-electron chi connectivity index (χ4n) is 3.46. The molecule has 2 heterocycles. The molecular formula is C15H25ClN4O2. The molecule has 2 fully saturated rings. The van der Waals surface area contributed by atoms with Crippen molar-refractivity contribution < 1.29 is 9.32 Å². The highest BCUT2D eigenvalue weighted by atomic mass is 35.5. The van der Waals surface area contributed by atoms with Crippen LogP contribution in [0.15, 0.2) is 4.52 Å². The van der Waals surface area contributed by atoms with Gasteiger partial charge in [0.05, 0.1) is 11.5 Å². The summed E-state index contributed by atoms with van der Waals surface area (Å²) in [7, 11) is 0. The molecule has 7 heteroatoms. The molecule has 2 aliphatic rings. The fraction of sp³-hybridized carbons (Fsp3) is 0.800. The fourth-order valence-corrected chi connectivity index (χ4v) is 3.46. The Kier molecular flexibility index (Phi) is 5.45. The van der Waals surface area contributed by atoms with E-state index < -0.39 is 5.54 Å². The first-order chi connectivity index (χ1) is 10.1. The Hall–Kier alpha value is -1.14. The molecule has 1 atom stereocenters. The average Bonchev–Trinajstić information content (AvgIpc) is 3.16. The SMILES string of the molecule is CCC(=O)N1CCCC(c2nc(C3(N)CCCC3)no2)C1.Cl. The highest BCUT2D eigenvalue weighted by molar-refractivity contribution is 5.85. The summed E-state index contributed by atoms with van der Waals surface area (Å²) in [6.45, 7) is 3.42. The van der Waals surface area contributed by atoms with Gasteiger partial charge in [0.15, 0.2) is 5.82 Å². The molecule has 2 N–H and O–H groups in total. The third-order valence-electron chi connectivity index (χ3n) is 4.81. The normalized spacial score (nSPS) is 24.1. The van der Waals surface area contributed by atoms with Gasteiger partial charge in [-0.1, -0.05) is 24.9 Å². The van der Waals surface area contributed by atoms with Crippen LogP contribution in [0.5, 0.6) is 0 Å². The molecule has 1 saturated heterocycles. The zero-order valence-electron chi connectivity index (χ0n) is 13.1. The standard InChI is InChI=1S/C15H24N4O2.ClH/c1-2-12(20)19-9-5-6-11(10-19)13-17-14(18-21-13)15(16)7-3-4-8-15;/h11H,2-10,16H2,1H3;1H. The van der Waals surface area contributed by atoms with E-state index in [1.54, 1.807) is 0 Å². The number of hydrogen-bond donors (Lipinski definition) is 1. The number of aromatic nitrogens is 2. The quantitative estimate of drug-likeness (QED) is 0.920. The largest absolute Gasteiger partial charge is 0.342 e. The summed E-state index contributed by atoms with van der Waals surface area (Å²) in [6.07, 6.45) is 6.64. The third kappa shape index (κ3) is 3.27. The summed E-state index contributed by atoms with van der Waals surface area (Å²) in [4.78, 5) is 18.3. The molecule has 1 unspecified atom stereocenters. The minimum absolute atomic E-state index is 0. The molecule has 1 aromatic heterocycles. The second kappa shape index (κ2) is 6.96. The second-order valence-electron chi connectivity index (χ2n) is 6.35. The first-order valence-electron chi connectivity index (χ1n) is 8.03. The Bertz CT molecular complexity index is 513. The average molecular weight is 329 g/mol. The van der Waals surface area contributed by atoms with Crippen LogP contribution in [-0.2, 0) is 10.3 Å². The van der Waals surface area contributed by atoms with Gasteiger partial charge < -0.3 is 15.2 Å². The highest BCUT2D eigenvalue weighted by Crippen LogP contribution is 2.35. The first-order valence-corrected chi connectivity index (χ1v) is 8.03. The maximum absolute atomic E-state index is 11.8. The van der Waals surface area contributed by atoms with E-state index in [9.17, 15) is 4.79 Å². The summed E-state index contributed by atoms with van der Waals surface area (Å²) < 4.78 is 5.46. The van der Waals surface area contributed by atoms with E-state index in [1.807, 2.05) is 11.8 Å². The van der Waals surface area contributed by atoms with Crippen molar-refractivity contribution >= 4 is 18.3 Å². The van der Waals surface area contributed by atoms with Crippen LogP contribution in [0.1, 0.15) is 69.5 Å². The van der Waals surface area contributed by atoms with Gasteiger partial charge in [-0.2, -0.15) is 4.98 Å². The van der Waals surface area contributed by atoms with Crippen molar-refractivity contribution in [2.45, 2.75) is 63.3 Å². The van der Waals surface area contributed by atoms with Crippen molar-refractivity contribution in [3.63, 3.8) is 0 Å². The zero-order chi connectivity index (χ0) is 14.9. The molecule has 0 bridgehead atoms. The van der Waals surface area contributed by atoms with E-state index in [2.05, 4.69) is 10.1 Å². The lowest BCUT2D eigenvalue weighted by atomic mass is 9.96. The molecule has 1 aliphatic carbocycles. The summed E-state index contributed by atoms with van der Waals surface area (Å²) in [5.41, 5.74) is 5.96. The van der Waals surface area contributed by atoms with Crippen molar-refractivity contribution in [3.05, 3.63) is 11.7 Å². The van der Waals surface area contributed by atoms with Crippen LogP contribution < -0.4 is 5.73 Å². The van der Waals surface area contributed by atoms with Gasteiger partial charge in [0, 0.05) is 19.5 Å². The molecule has 1 amide bonds. The Morgan fingerprint density at radius 1 is 1.41 bits per heavy atom. The summed E-state index contributed by atoms with van der Waals surface area (Å²) >= 11 is 0. The predicted molar refractivity (Wildman–Crippen MR) is 84.7 cm³/mol. The Morgan fingerprint density at radius 3 is 2.82 bits per heavy atom. The number of rotatable bonds is 3. The van der Waals surface area contributed by atoms with Gasteiger partial charge in [-0.15, -0.1) is 12.4 Å². The second-order valence-corrected chi connectivity index (χ2v) is 6.35. The van der Waals surface area contributed by atoms with E-state index in [4.69, 9.17) is 10.3 Å². The van der Waals surface area contributed by atoms with E-state index >= 15 is 0 Å². The highest BCUT2D eigenvalue weighted by Gasteiger charge is 2.37. The number of nitrogens with zero attached hydrogens (tertiary/aromatic N) is 3. The Morgan fingerprint density at radius 2 is 2.14 bits per heavy atom. The van der Waals surface area contributed by atoms with Crippen LogP contribution in [-0.4, -0.2) is 34.0 Å². The van der Waals surface area contributed by atoms with E-state index in [0.29, 0.717) is 24.7 Å². The molecule has 0 aromatic carbocycles. The summed E-state index contributed by atoms with van der Waals surface area (Å²) in [5.74, 6) is 1.65. The smallest absolute Gasteiger partial charge is 0.231 e. The van der Waals surface area contributed by atoms with Crippen molar-refractivity contribution in [2.75, 3.05) is 13.1 Å². The van der Waals surface area contributed by atoms with Crippen LogP contribution in [0.3, 0.4) is 0 Å². The summed E-state index contributed by atoms with van der Waals surface area (Å²) in [6, 6.07) is 0. The molecule has 3 rings (SSSR count). The van der Waals surface area contributed by atoms with E-state index in [0.717, 1.165) is 45.1 Å². The molecule has 0 radical (unpaired) electrons. The molecule has 1 aliphatic heterocycles. The van der Waals surface area contributed by atoms with Crippen LogP contribution in [0.2, 0.25) is 0 Å². The van der Waals surface area contributed by atoms with Crippen LogP contribution in [0.25, 0.3) is 0 Å². The predicted octanol–water partition coefficient (Wildman–Crippen LogP) is 2.34. The topological polar surface area (TPSA) is 85.2 Å². The number of nitrogens with two attached hydrogens (primary N) is 1. The molecule has 22 heavy (non-hydrogen) atoms. The van der Waals surface area contributed by atoms with E-state index in [1.165, 1.54) is 0 Å². The number of likely N-dealkylation sites (tertiary alicyclic amines) is 1. The Labute approximate surface area is 137 Å². The van der Waals surface area contributed by atoms with Crippen LogP contribution in [0.4, 0.5) is 0 Å². The van der Waals surface area contributed by atoms with Gasteiger partial charge in [-0.3, -0.25) is 4.79 Å². The molecule has 1 aromatic rings. The number of halogens is 1. The minimum Gasteiger partial charge on any atom is -0.342 e. The van der Waals surface area contributed by atoms with E-state index in [-0.39, 0.29) is 24.2 Å². The molecule has 6 nitrogen and oxygen atoms in total. The monoisotopic (exact) mass is 328 g/mol. The third-order valence-corrected chi connectivity index (χ3v) is 4.81. The lowest BCUT2D eigenvalue weighted by molar-refractivity contribution is -0.132. The zero-order valence-corrected chi connectivity index (χ0v) is 13.9. The van der Waals surface area contributed by atoms with Gasteiger partial charge in [0.1, 0.15) is 0 Å². The Balaban J connectivity index is 0.00000176. The molecule has 124 valence electrons. The van der Waals surface area contributed by atoms with Gasteiger partial charge in [0.25, 0.3) is 0 Å². The van der Waals surface area contributed by atoms with Crippen molar-refractivity contribution in [1.82, 2.24) is 15.0 Å². The lowest BCUT2D eigenvalue weighted by Crippen LogP contribution is -2.39. The molecular weight excluding hydrogens is 304 g/mol. The van der Waals surface area contributed by atoms with Gasteiger partial charge in [0.2, 0.25) is 11.8 Å². The first kappa shape index (κ1) is 17.2. The molecule has 0 spiro atoms. The number of carbonyl (C=O) groups excluding carboxylic acids is 1. The number of amides is 1. The van der Waals surface area contributed by atoms with Crippen LogP contribution >= 0.6 is 12.4 Å². The van der Waals surface area contributed by atoms with Crippen molar-refractivity contribution in [3.8, 4) is 0 Å².